The smallest absolute Gasteiger partial charge is 0.262 e. The van der Waals surface area contributed by atoms with Crippen LogP contribution in [0, 0.1) is 0 Å². The average molecular weight is 585 g/mol. The van der Waals surface area contributed by atoms with Crippen LogP contribution in [-0.2, 0) is 14.8 Å². The monoisotopic (exact) mass is 584 g/mol. The first kappa shape index (κ1) is 28.0. The topological polar surface area (TPSA) is 111 Å². The van der Waals surface area contributed by atoms with E-state index in [0.29, 0.717) is 22.0 Å². The summed E-state index contributed by atoms with van der Waals surface area (Å²) in [4.78, 5) is 25.5. The van der Waals surface area contributed by atoms with E-state index in [4.69, 9.17) is 32.7 Å². The number of carbonyl (C=O) groups excluding carboxylic acids is 2. The summed E-state index contributed by atoms with van der Waals surface area (Å²) in [6, 6.07) is 23.4. The first-order valence-electron chi connectivity index (χ1n) is 11.4. The number of hydrogen-bond donors (Lipinski definition) is 2. The summed E-state index contributed by atoms with van der Waals surface area (Å²) < 4.78 is 38.5. The van der Waals surface area contributed by atoms with Crippen LogP contribution in [0.2, 0.25) is 10.0 Å². The van der Waals surface area contributed by atoms with Crippen molar-refractivity contribution in [3.05, 3.63) is 112 Å². The number of sulfonamides is 1. The molecule has 0 saturated carbocycles. The standard InChI is InChI=1S/C28H22Cl2N2O6S/c1-37-21-10-8-20(9-11-21)32-39(35,36)22-12-14-26(24(30)16-22)38-17-27(33)31-25-13-7-19(29)15-23(25)28(34)18-5-3-2-4-6-18/h2-16,32H,17H2,1H3,(H,31,33). The molecule has 11 heteroatoms. The maximum atomic E-state index is 13.0. The van der Waals surface area contributed by atoms with Gasteiger partial charge < -0.3 is 14.8 Å². The van der Waals surface area contributed by atoms with Crippen LogP contribution in [0.4, 0.5) is 11.4 Å². The Labute approximate surface area is 235 Å². The van der Waals surface area contributed by atoms with Gasteiger partial charge in [0.25, 0.3) is 15.9 Å². The summed E-state index contributed by atoms with van der Waals surface area (Å²) in [5, 5.41) is 2.98. The minimum Gasteiger partial charge on any atom is -0.497 e. The Kier molecular flexibility index (Phi) is 8.75. The van der Waals surface area contributed by atoms with Crippen molar-refractivity contribution >= 4 is 56.3 Å². The van der Waals surface area contributed by atoms with Crippen LogP contribution in [0.25, 0.3) is 0 Å². The molecule has 200 valence electrons. The normalized spacial score (nSPS) is 10.9. The number of rotatable bonds is 10. The molecular weight excluding hydrogens is 563 g/mol. The zero-order chi connectivity index (χ0) is 28.0. The molecule has 0 aromatic heterocycles. The SMILES string of the molecule is COc1ccc(NS(=O)(=O)c2ccc(OCC(=O)Nc3ccc(Cl)cc3C(=O)c3ccccc3)c(Cl)c2)cc1. The van der Waals surface area contributed by atoms with Gasteiger partial charge in [0.2, 0.25) is 0 Å². The molecule has 4 rings (SSSR count). The number of halogens is 2. The molecule has 0 aliphatic rings. The van der Waals surface area contributed by atoms with Gasteiger partial charge in [0.05, 0.1) is 22.7 Å². The second kappa shape index (κ2) is 12.2. The fourth-order valence-corrected chi connectivity index (χ4v) is 5.08. The van der Waals surface area contributed by atoms with E-state index in [2.05, 4.69) is 10.0 Å². The van der Waals surface area contributed by atoms with E-state index in [9.17, 15) is 18.0 Å². The second-order valence-corrected chi connectivity index (χ2v) is 10.7. The van der Waals surface area contributed by atoms with E-state index in [1.54, 1.807) is 60.7 Å². The molecule has 0 aliphatic heterocycles. The number of anilines is 2. The Morgan fingerprint density at radius 3 is 2.26 bits per heavy atom. The number of carbonyl (C=O) groups is 2. The minimum atomic E-state index is -3.94. The lowest BCUT2D eigenvalue weighted by Gasteiger charge is -2.13. The van der Waals surface area contributed by atoms with Crippen molar-refractivity contribution in [2.45, 2.75) is 4.90 Å². The third kappa shape index (κ3) is 7.08. The van der Waals surface area contributed by atoms with Crippen molar-refractivity contribution in [3.63, 3.8) is 0 Å². The zero-order valence-electron chi connectivity index (χ0n) is 20.5. The third-order valence-corrected chi connectivity index (χ3v) is 7.36. The van der Waals surface area contributed by atoms with Gasteiger partial charge in [-0.2, -0.15) is 0 Å². The number of amides is 1. The molecule has 8 nitrogen and oxygen atoms in total. The summed E-state index contributed by atoms with van der Waals surface area (Å²) in [6.45, 7) is -0.447. The first-order chi connectivity index (χ1) is 18.7. The second-order valence-electron chi connectivity index (χ2n) is 8.15. The highest BCUT2D eigenvalue weighted by atomic mass is 35.5. The molecule has 0 saturated heterocycles. The van der Waals surface area contributed by atoms with E-state index in [1.807, 2.05) is 0 Å². The average Bonchev–Trinajstić information content (AvgIpc) is 2.93. The van der Waals surface area contributed by atoms with Gasteiger partial charge in [-0.05, 0) is 60.7 Å². The Bertz CT molecular complexity index is 1610. The van der Waals surface area contributed by atoms with E-state index in [-0.39, 0.29) is 32.7 Å². The van der Waals surface area contributed by atoms with Crippen LogP contribution in [0.1, 0.15) is 15.9 Å². The van der Waals surface area contributed by atoms with Crippen molar-refractivity contribution in [1.82, 2.24) is 0 Å². The van der Waals surface area contributed by atoms with Crippen molar-refractivity contribution in [3.8, 4) is 11.5 Å². The van der Waals surface area contributed by atoms with E-state index in [1.165, 1.54) is 37.4 Å². The number of nitrogens with one attached hydrogen (secondary N) is 2. The molecule has 39 heavy (non-hydrogen) atoms. The van der Waals surface area contributed by atoms with Gasteiger partial charge in [-0.25, -0.2) is 8.42 Å². The van der Waals surface area contributed by atoms with Crippen molar-refractivity contribution < 1.29 is 27.5 Å². The van der Waals surface area contributed by atoms with Gasteiger partial charge in [-0.3, -0.25) is 14.3 Å². The molecule has 0 radical (unpaired) electrons. The predicted molar refractivity (Wildman–Crippen MR) is 151 cm³/mol. The Hall–Kier alpha value is -4.05. The highest BCUT2D eigenvalue weighted by molar-refractivity contribution is 7.92. The minimum absolute atomic E-state index is 0.00755. The largest absolute Gasteiger partial charge is 0.497 e. The van der Waals surface area contributed by atoms with Crippen molar-refractivity contribution in [1.29, 1.82) is 0 Å². The maximum absolute atomic E-state index is 13.0. The van der Waals surface area contributed by atoms with Crippen LogP contribution >= 0.6 is 23.2 Å². The summed E-state index contributed by atoms with van der Waals surface area (Å²) in [7, 11) is -2.43. The van der Waals surface area contributed by atoms with Gasteiger partial charge in [-0.15, -0.1) is 0 Å². The van der Waals surface area contributed by atoms with Crippen molar-refractivity contribution in [2.75, 3.05) is 23.8 Å². The van der Waals surface area contributed by atoms with Gasteiger partial charge in [0, 0.05) is 21.8 Å². The maximum Gasteiger partial charge on any atom is 0.262 e. The molecule has 1 amide bonds. The lowest BCUT2D eigenvalue weighted by molar-refractivity contribution is -0.118. The van der Waals surface area contributed by atoms with Crippen LogP contribution in [-0.4, -0.2) is 33.8 Å². The number of hydrogen-bond acceptors (Lipinski definition) is 6. The Balaban J connectivity index is 1.42. The molecule has 0 atom stereocenters. The van der Waals surface area contributed by atoms with Crippen LogP contribution in [0.15, 0.2) is 95.9 Å². The van der Waals surface area contributed by atoms with Crippen LogP contribution in [0.3, 0.4) is 0 Å². The number of ketones is 1. The number of ether oxygens (including phenoxy) is 2. The lowest BCUT2D eigenvalue weighted by atomic mass is 10.0. The summed E-state index contributed by atoms with van der Waals surface area (Å²) >= 11 is 12.3. The van der Waals surface area contributed by atoms with Crippen LogP contribution < -0.4 is 19.5 Å². The molecule has 4 aromatic carbocycles. The molecule has 0 unspecified atom stereocenters. The zero-order valence-corrected chi connectivity index (χ0v) is 22.8. The van der Waals surface area contributed by atoms with Gasteiger partial charge in [-0.1, -0.05) is 53.5 Å². The van der Waals surface area contributed by atoms with Crippen molar-refractivity contribution in [2.24, 2.45) is 0 Å². The van der Waals surface area contributed by atoms with Gasteiger partial charge in [0.1, 0.15) is 11.5 Å². The molecule has 0 fully saturated rings. The molecule has 0 bridgehead atoms. The van der Waals surface area contributed by atoms with Gasteiger partial charge in [0.15, 0.2) is 12.4 Å². The third-order valence-electron chi connectivity index (χ3n) is 5.45. The van der Waals surface area contributed by atoms with Crippen LogP contribution in [0.5, 0.6) is 11.5 Å². The quantitative estimate of drug-likeness (QED) is 0.219. The van der Waals surface area contributed by atoms with E-state index >= 15 is 0 Å². The van der Waals surface area contributed by atoms with E-state index in [0.717, 1.165) is 0 Å². The van der Waals surface area contributed by atoms with E-state index < -0.39 is 22.5 Å². The van der Waals surface area contributed by atoms with Gasteiger partial charge >= 0.3 is 0 Å². The molecule has 0 heterocycles. The predicted octanol–water partition coefficient (Wildman–Crippen LogP) is 6.05. The highest BCUT2D eigenvalue weighted by Gasteiger charge is 2.19. The molecule has 2 N–H and O–H groups in total. The molecular formula is C28H22Cl2N2O6S. The lowest BCUT2D eigenvalue weighted by Crippen LogP contribution is -2.22. The summed E-state index contributed by atoms with van der Waals surface area (Å²) in [5.74, 6) is -0.181. The molecule has 4 aromatic rings. The summed E-state index contributed by atoms with van der Waals surface area (Å²) in [5.41, 5.74) is 1.27. The highest BCUT2D eigenvalue weighted by Crippen LogP contribution is 2.29. The number of methoxy groups -OCH3 is 1. The number of benzene rings is 4. The molecule has 0 aliphatic carbocycles. The molecule has 0 spiro atoms. The Morgan fingerprint density at radius 1 is 0.872 bits per heavy atom. The Morgan fingerprint density at radius 2 is 1.59 bits per heavy atom. The first-order valence-corrected chi connectivity index (χ1v) is 13.7. The fourth-order valence-electron chi connectivity index (χ4n) is 3.53. The fraction of sp³-hybridized carbons (Fsp3) is 0.0714. The summed E-state index contributed by atoms with van der Waals surface area (Å²) in [6.07, 6.45) is 0.